The molecule has 2 N–H and O–H groups in total. The maximum Gasteiger partial charge on any atom is 0.289 e. The van der Waals surface area contributed by atoms with Gasteiger partial charge in [0.25, 0.3) is 23.2 Å². The zero-order valence-electron chi connectivity index (χ0n) is 12.3. The minimum absolute atomic E-state index is 0.158. The van der Waals surface area contributed by atoms with Gasteiger partial charge in [-0.15, -0.1) is 0 Å². The molecule has 0 aliphatic heterocycles. The Balaban J connectivity index is 2.16. The average Bonchev–Trinajstić information content (AvgIpc) is 2.58. The average molecular weight is 365 g/mol. The first-order chi connectivity index (χ1) is 11.8. The molecule has 2 amide bonds. The molecule has 0 atom stereocenters. The van der Waals surface area contributed by atoms with Crippen LogP contribution in [0.3, 0.4) is 0 Å². The largest absolute Gasteiger partial charge is 0.289 e. The number of amides is 2. The number of halogens is 1. The van der Waals surface area contributed by atoms with Crippen molar-refractivity contribution in [3.05, 3.63) is 78.8 Å². The maximum absolute atomic E-state index is 12.0. The fraction of sp³-hybridized carbons (Fsp3) is 0. The van der Waals surface area contributed by atoms with Gasteiger partial charge >= 0.3 is 0 Å². The number of non-ortho nitro benzene ring substituents is 1. The molecule has 0 bridgehead atoms. The lowest BCUT2D eigenvalue weighted by atomic mass is 10.1. The summed E-state index contributed by atoms with van der Waals surface area (Å²) in [6, 6.07) is 8.42. The van der Waals surface area contributed by atoms with E-state index in [-0.39, 0.29) is 5.56 Å². The van der Waals surface area contributed by atoms with Crippen LogP contribution in [0.5, 0.6) is 0 Å². The highest BCUT2D eigenvalue weighted by molar-refractivity contribution is 6.30. The summed E-state index contributed by atoms with van der Waals surface area (Å²) >= 11 is 5.75. The van der Waals surface area contributed by atoms with Crippen molar-refractivity contribution in [1.82, 2.24) is 10.9 Å². The predicted octanol–water partition coefficient (Wildman–Crippen LogP) is 2.23. The topological polar surface area (TPSA) is 144 Å². The van der Waals surface area contributed by atoms with Crippen molar-refractivity contribution < 1.29 is 19.4 Å². The van der Waals surface area contributed by atoms with Crippen LogP contribution in [-0.2, 0) is 0 Å². The molecule has 10 nitrogen and oxygen atoms in total. The zero-order chi connectivity index (χ0) is 18.6. The van der Waals surface area contributed by atoms with Crippen LogP contribution in [0.25, 0.3) is 0 Å². The molecule has 11 heteroatoms. The first kappa shape index (κ1) is 17.8. The van der Waals surface area contributed by atoms with Crippen molar-refractivity contribution in [3.63, 3.8) is 0 Å². The molecular formula is C14H9ClN4O6. The molecular weight excluding hydrogens is 356 g/mol. The second-order valence-corrected chi connectivity index (χ2v) is 5.07. The van der Waals surface area contributed by atoms with E-state index in [0.29, 0.717) is 11.1 Å². The van der Waals surface area contributed by atoms with Crippen LogP contribution >= 0.6 is 11.6 Å². The monoisotopic (exact) mass is 364 g/mol. The van der Waals surface area contributed by atoms with Crippen LogP contribution < -0.4 is 10.9 Å². The van der Waals surface area contributed by atoms with Crippen molar-refractivity contribution in [1.29, 1.82) is 0 Å². The maximum atomic E-state index is 12.0. The van der Waals surface area contributed by atoms with Crippen LogP contribution in [0.2, 0.25) is 5.02 Å². The number of hydrazine groups is 1. The summed E-state index contributed by atoms with van der Waals surface area (Å²) in [4.78, 5) is 43.8. The SMILES string of the molecule is O=C(NNC(=O)c1ccc([N+](=O)[O-])cc1[N+](=O)[O-])c1cccc(Cl)c1. The number of hydrogen-bond acceptors (Lipinski definition) is 6. The first-order valence-electron chi connectivity index (χ1n) is 6.58. The normalized spacial score (nSPS) is 9.96. The third-order valence-electron chi connectivity index (χ3n) is 3.01. The molecule has 2 rings (SSSR count). The van der Waals surface area contributed by atoms with Crippen LogP contribution in [0, 0.1) is 20.2 Å². The quantitative estimate of drug-likeness (QED) is 0.628. The van der Waals surface area contributed by atoms with E-state index in [9.17, 15) is 29.8 Å². The smallest absolute Gasteiger partial charge is 0.267 e. The summed E-state index contributed by atoms with van der Waals surface area (Å²) in [5.74, 6) is -1.70. The molecule has 0 aromatic heterocycles. The Morgan fingerprint density at radius 2 is 1.60 bits per heavy atom. The van der Waals surface area contributed by atoms with Crippen molar-refractivity contribution in [2.24, 2.45) is 0 Å². The Morgan fingerprint density at radius 3 is 2.20 bits per heavy atom. The summed E-state index contributed by atoms with van der Waals surface area (Å²) < 4.78 is 0. The lowest BCUT2D eigenvalue weighted by Crippen LogP contribution is -2.41. The number of nitrogens with zero attached hydrogens (tertiary/aromatic N) is 2. The predicted molar refractivity (Wildman–Crippen MR) is 86.1 cm³/mol. The van der Waals surface area contributed by atoms with Gasteiger partial charge in [-0.25, -0.2) is 0 Å². The Morgan fingerprint density at radius 1 is 0.920 bits per heavy atom. The van der Waals surface area contributed by atoms with E-state index in [4.69, 9.17) is 11.6 Å². The Hall–Kier alpha value is -3.53. The fourth-order valence-corrected chi connectivity index (χ4v) is 2.05. The van der Waals surface area contributed by atoms with E-state index in [2.05, 4.69) is 5.43 Å². The molecule has 0 spiro atoms. The van der Waals surface area contributed by atoms with Crippen LogP contribution in [0.4, 0.5) is 11.4 Å². The standard InChI is InChI=1S/C14H9ClN4O6/c15-9-3-1-2-8(6-9)13(20)16-17-14(21)11-5-4-10(18(22)23)7-12(11)19(24)25/h1-7H,(H,16,20)(H,17,21). The molecule has 0 unspecified atom stereocenters. The number of carbonyl (C=O) groups is 2. The van der Waals surface area contributed by atoms with Gasteiger partial charge in [0, 0.05) is 16.7 Å². The Labute approximate surface area is 144 Å². The number of nitro groups is 2. The second kappa shape index (κ2) is 7.36. The number of nitrogens with one attached hydrogen (secondary N) is 2. The highest BCUT2D eigenvalue weighted by Gasteiger charge is 2.24. The van der Waals surface area contributed by atoms with Gasteiger partial charge in [0.05, 0.1) is 15.9 Å². The van der Waals surface area contributed by atoms with Gasteiger partial charge in [-0.2, -0.15) is 0 Å². The van der Waals surface area contributed by atoms with Crippen molar-refractivity contribution in [2.75, 3.05) is 0 Å². The molecule has 0 aliphatic carbocycles. The molecule has 2 aromatic rings. The number of benzene rings is 2. The van der Waals surface area contributed by atoms with E-state index < -0.39 is 38.6 Å². The van der Waals surface area contributed by atoms with E-state index >= 15 is 0 Å². The van der Waals surface area contributed by atoms with Gasteiger partial charge in [0.15, 0.2) is 0 Å². The van der Waals surface area contributed by atoms with Crippen molar-refractivity contribution in [3.8, 4) is 0 Å². The summed E-state index contributed by atoms with van der Waals surface area (Å²) in [5, 5.41) is 22.0. The van der Waals surface area contributed by atoms with E-state index in [1.54, 1.807) is 6.07 Å². The number of hydrogen-bond donors (Lipinski definition) is 2. The third-order valence-corrected chi connectivity index (χ3v) is 3.24. The summed E-state index contributed by atoms with van der Waals surface area (Å²) in [6.45, 7) is 0. The molecule has 0 saturated carbocycles. The molecule has 2 aromatic carbocycles. The third kappa shape index (κ3) is 4.26. The van der Waals surface area contributed by atoms with Gasteiger partial charge in [-0.1, -0.05) is 17.7 Å². The second-order valence-electron chi connectivity index (χ2n) is 4.63. The molecule has 25 heavy (non-hydrogen) atoms. The van der Waals surface area contributed by atoms with Gasteiger partial charge in [0.1, 0.15) is 5.56 Å². The highest BCUT2D eigenvalue weighted by Crippen LogP contribution is 2.24. The lowest BCUT2D eigenvalue weighted by molar-refractivity contribution is -0.394. The summed E-state index contributed by atoms with van der Waals surface area (Å²) in [6.07, 6.45) is 0. The molecule has 0 aliphatic rings. The minimum atomic E-state index is -1.00. The lowest BCUT2D eigenvalue weighted by Gasteiger charge is -2.08. The number of nitro benzene ring substituents is 2. The molecule has 0 radical (unpaired) electrons. The van der Waals surface area contributed by atoms with E-state index in [0.717, 1.165) is 12.1 Å². The fourth-order valence-electron chi connectivity index (χ4n) is 1.86. The van der Waals surface area contributed by atoms with Crippen molar-refractivity contribution >= 4 is 34.8 Å². The zero-order valence-corrected chi connectivity index (χ0v) is 13.0. The Kier molecular flexibility index (Phi) is 5.25. The Bertz CT molecular complexity index is 885. The van der Waals surface area contributed by atoms with E-state index in [1.165, 1.54) is 18.2 Å². The molecule has 0 fully saturated rings. The molecule has 0 saturated heterocycles. The van der Waals surface area contributed by atoms with Crippen LogP contribution in [0.1, 0.15) is 20.7 Å². The van der Waals surface area contributed by atoms with Gasteiger partial charge in [-0.3, -0.25) is 40.7 Å². The molecule has 0 heterocycles. The van der Waals surface area contributed by atoms with Gasteiger partial charge < -0.3 is 0 Å². The number of rotatable bonds is 4. The molecule has 128 valence electrons. The minimum Gasteiger partial charge on any atom is -0.267 e. The van der Waals surface area contributed by atoms with Crippen molar-refractivity contribution in [2.45, 2.75) is 0 Å². The summed E-state index contributed by atoms with van der Waals surface area (Å²) in [7, 11) is 0. The summed E-state index contributed by atoms with van der Waals surface area (Å²) in [5.41, 5.74) is 2.50. The van der Waals surface area contributed by atoms with E-state index in [1.807, 2.05) is 5.43 Å². The highest BCUT2D eigenvalue weighted by atomic mass is 35.5. The first-order valence-corrected chi connectivity index (χ1v) is 6.96. The number of carbonyl (C=O) groups excluding carboxylic acids is 2. The van der Waals surface area contributed by atoms with Gasteiger partial charge in [-0.05, 0) is 24.3 Å². The van der Waals surface area contributed by atoms with Gasteiger partial charge in [0.2, 0.25) is 0 Å². The van der Waals surface area contributed by atoms with Crippen LogP contribution in [0.15, 0.2) is 42.5 Å². The van der Waals surface area contributed by atoms with Crippen LogP contribution in [-0.4, -0.2) is 21.7 Å².